The molecule has 2 rings (SSSR count). The quantitative estimate of drug-likeness (QED) is 0.692. The Kier molecular flexibility index (Phi) is 3.07. The van der Waals surface area contributed by atoms with Crippen LogP contribution in [0.5, 0.6) is 0 Å². The molecule has 2 fully saturated rings. The van der Waals surface area contributed by atoms with E-state index in [9.17, 15) is 0 Å². The van der Waals surface area contributed by atoms with Gasteiger partial charge in [0.05, 0.1) is 0 Å². The molecule has 2 aliphatic rings. The predicted molar refractivity (Wildman–Crippen MR) is 46.9 cm³/mol. The third-order valence-electron chi connectivity index (χ3n) is 3.05. The molecule has 1 saturated carbocycles. The molecule has 0 bridgehead atoms. The Labute approximate surface area is 72.9 Å². The molecule has 2 nitrogen and oxygen atoms in total. The van der Waals surface area contributed by atoms with Gasteiger partial charge in [0.15, 0.2) is 0 Å². The van der Waals surface area contributed by atoms with Crippen LogP contribution >= 0.6 is 0 Å². The SMILES string of the molecule is F.OCC1(CN2CCCC2)CC1. The number of likely N-dealkylation sites (tertiary alicyclic amines) is 1. The molecule has 0 aromatic carbocycles. The molecule has 72 valence electrons. The van der Waals surface area contributed by atoms with Crippen LogP contribution in [0, 0.1) is 5.41 Å². The van der Waals surface area contributed by atoms with Crippen LogP contribution in [-0.4, -0.2) is 36.2 Å². The standard InChI is InChI=1S/C9H17NO.FH/c11-8-9(3-4-9)7-10-5-1-2-6-10;/h11H,1-8H2;1H. The summed E-state index contributed by atoms with van der Waals surface area (Å²) in [6.07, 6.45) is 5.23. The maximum atomic E-state index is 9.09. The second-order valence-electron chi connectivity index (χ2n) is 4.14. The monoisotopic (exact) mass is 175 g/mol. The summed E-state index contributed by atoms with van der Waals surface area (Å²) in [4.78, 5) is 2.50. The van der Waals surface area contributed by atoms with Gasteiger partial charge in [0, 0.05) is 18.6 Å². The second kappa shape index (κ2) is 3.71. The first kappa shape index (κ1) is 9.93. The van der Waals surface area contributed by atoms with Crippen LogP contribution in [-0.2, 0) is 0 Å². The lowest BCUT2D eigenvalue weighted by Gasteiger charge is -2.20. The third kappa shape index (κ3) is 1.96. The van der Waals surface area contributed by atoms with Gasteiger partial charge < -0.3 is 10.0 Å². The summed E-state index contributed by atoms with van der Waals surface area (Å²) >= 11 is 0. The number of nitrogens with zero attached hydrogens (tertiary/aromatic N) is 1. The first-order valence-corrected chi connectivity index (χ1v) is 4.68. The van der Waals surface area contributed by atoms with E-state index in [0.29, 0.717) is 12.0 Å². The van der Waals surface area contributed by atoms with E-state index in [0.717, 1.165) is 6.54 Å². The summed E-state index contributed by atoms with van der Waals surface area (Å²) in [6, 6.07) is 0. The summed E-state index contributed by atoms with van der Waals surface area (Å²) in [5.74, 6) is 0. The van der Waals surface area contributed by atoms with Crippen LogP contribution in [0.1, 0.15) is 25.7 Å². The summed E-state index contributed by atoms with van der Waals surface area (Å²) in [6.45, 7) is 4.09. The molecular weight excluding hydrogens is 157 g/mol. The minimum absolute atomic E-state index is 0. The molecule has 1 heterocycles. The molecule has 0 aromatic heterocycles. The highest BCUT2D eigenvalue weighted by molar-refractivity contribution is 4.95. The number of halogens is 1. The number of hydrogen-bond donors (Lipinski definition) is 1. The molecule has 12 heavy (non-hydrogen) atoms. The number of rotatable bonds is 3. The van der Waals surface area contributed by atoms with Crippen molar-refractivity contribution in [3.63, 3.8) is 0 Å². The van der Waals surface area contributed by atoms with Crippen LogP contribution < -0.4 is 0 Å². The van der Waals surface area contributed by atoms with Crippen LogP contribution in [0.15, 0.2) is 0 Å². The molecule has 1 N–H and O–H groups in total. The summed E-state index contributed by atoms with van der Waals surface area (Å²) in [5.41, 5.74) is 0.338. The second-order valence-corrected chi connectivity index (χ2v) is 4.14. The van der Waals surface area contributed by atoms with Gasteiger partial charge in [-0.15, -0.1) is 0 Å². The Morgan fingerprint density at radius 3 is 2.17 bits per heavy atom. The lowest BCUT2D eigenvalue weighted by molar-refractivity contribution is 0.164. The van der Waals surface area contributed by atoms with Crippen LogP contribution in [0.3, 0.4) is 0 Å². The highest BCUT2D eigenvalue weighted by Crippen LogP contribution is 2.45. The molecular formula is C9H18FNO. The smallest absolute Gasteiger partial charge is 0.0499 e. The van der Waals surface area contributed by atoms with E-state index in [-0.39, 0.29) is 4.70 Å². The third-order valence-corrected chi connectivity index (χ3v) is 3.05. The van der Waals surface area contributed by atoms with Crippen molar-refractivity contribution in [1.29, 1.82) is 0 Å². The molecule has 0 atom stereocenters. The zero-order valence-corrected chi connectivity index (χ0v) is 7.46. The number of hydrogen-bond acceptors (Lipinski definition) is 2. The highest BCUT2D eigenvalue weighted by atomic mass is 19.0. The number of aliphatic hydroxyl groups excluding tert-OH is 1. The molecule has 0 aromatic rings. The molecule has 0 spiro atoms. The summed E-state index contributed by atoms with van der Waals surface area (Å²) in [5, 5.41) is 9.09. The normalized spacial score (nSPS) is 26.8. The molecule has 0 amide bonds. The minimum Gasteiger partial charge on any atom is -0.396 e. The van der Waals surface area contributed by atoms with Gasteiger partial charge in [0.25, 0.3) is 0 Å². The van der Waals surface area contributed by atoms with Gasteiger partial charge in [0.2, 0.25) is 0 Å². The fourth-order valence-corrected chi connectivity index (χ4v) is 1.96. The summed E-state index contributed by atoms with van der Waals surface area (Å²) < 4.78 is 0. The van der Waals surface area contributed by atoms with E-state index in [1.165, 1.54) is 38.8 Å². The zero-order chi connectivity index (χ0) is 7.73. The van der Waals surface area contributed by atoms with Crippen molar-refractivity contribution >= 4 is 0 Å². The maximum absolute atomic E-state index is 9.09. The molecule has 1 saturated heterocycles. The van der Waals surface area contributed by atoms with Crippen molar-refractivity contribution in [3.8, 4) is 0 Å². The molecule has 1 aliphatic carbocycles. The van der Waals surface area contributed by atoms with E-state index in [2.05, 4.69) is 4.90 Å². The van der Waals surface area contributed by atoms with Gasteiger partial charge in [-0.25, -0.2) is 0 Å². The topological polar surface area (TPSA) is 23.5 Å². The van der Waals surface area contributed by atoms with Crippen molar-refractivity contribution in [2.45, 2.75) is 25.7 Å². The molecule has 1 aliphatic heterocycles. The van der Waals surface area contributed by atoms with E-state index < -0.39 is 0 Å². The van der Waals surface area contributed by atoms with Crippen molar-refractivity contribution in [2.75, 3.05) is 26.2 Å². The average Bonchev–Trinajstić information content (AvgIpc) is 2.59. The zero-order valence-electron chi connectivity index (χ0n) is 7.46. The Morgan fingerprint density at radius 2 is 1.75 bits per heavy atom. The fraction of sp³-hybridized carbons (Fsp3) is 1.00. The first-order chi connectivity index (χ1) is 5.35. The van der Waals surface area contributed by atoms with Crippen molar-refractivity contribution < 1.29 is 9.81 Å². The fourth-order valence-electron chi connectivity index (χ4n) is 1.96. The number of aliphatic hydroxyl groups is 1. The Morgan fingerprint density at radius 1 is 1.17 bits per heavy atom. The van der Waals surface area contributed by atoms with Crippen molar-refractivity contribution in [1.82, 2.24) is 4.90 Å². The van der Waals surface area contributed by atoms with Crippen molar-refractivity contribution in [3.05, 3.63) is 0 Å². The summed E-state index contributed by atoms with van der Waals surface area (Å²) in [7, 11) is 0. The molecule has 0 unspecified atom stereocenters. The van der Waals surface area contributed by atoms with Crippen molar-refractivity contribution in [2.24, 2.45) is 5.41 Å². The molecule has 3 heteroatoms. The minimum atomic E-state index is 0. The predicted octanol–water partition coefficient (Wildman–Crippen LogP) is 1.01. The van der Waals surface area contributed by atoms with E-state index in [1.807, 2.05) is 0 Å². The van der Waals surface area contributed by atoms with Gasteiger partial charge in [-0.2, -0.15) is 0 Å². The van der Waals surface area contributed by atoms with Gasteiger partial charge in [-0.3, -0.25) is 4.70 Å². The van der Waals surface area contributed by atoms with Gasteiger partial charge in [0.1, 0.15) is 0 Å². The Bertz CT molecular complexity index is 141. The average molecular weight is 175 g/mol. The van der Waals surface area contributed by atoms with Crippen LogP contribution in [0.2, 0.25) is 0 Å². The van der Waals surface area contributed by atoms with Gasteiger partial charge in [-0.1, -0.05) is 0 Å². The van der Waals surface area contributed by atoms with Gasteiger partial charge >= 0.3 is 0 Å². The maximum Gasteiger partial charge on any atom is 0.0499 e. The lowest BCUT2D eigenvalue weighted by atomic mass is 10.1. The van der Waals surface area contributed by atoms with Crippen LogP contribution in [0.25, 0.3) is 0 Å². The Balaban J connectivity index is 0.000000720. The first-order valence-electron chi connectivity index (χ1n) is 4.68. The highest BCUT2D eigenvalue weighted by Gasteiger charge is 2.43. The van der Waals surface area contributed by atoms with E-state index >= 15 is 0 Å². The van der Waals surface area contributed by atoms with Gasteiger partial charge in [-0.05, 0) is 38.8 Å². The van der Waals surface area contributed by atoms with E-state index in [1.54, 1.807) is 0 Å². The van der Waals surface area contributed by atoms with Crippen LogP contribution in [0.4, 0.5) is 4.70 Å². The lowest BCUT2D eigenvalue weighted by Crippen LogP contribution is -2.29. The largest absolute Gasteiger partial charge is 0.396 e. The Hall–Kier alpha value is -0.150. The van der Waals surface area contributed by atoms with E-state index in [4.69, 9.17) is 5.11 Å². The molecule has 0 radical (unpaired) electrons.